The molecular weight excluding hydrogens is 248 g/mol. The van der Waals surface area contributed by atoms with E-state index in [1.54, 1.807) is 27.7 Å². The third-order valence-electron chi connectivity index (χ3n) is 2.54. The van der Waals surface area contributed by atoms with E-state index in [1.807, 2.05) is 0 Å². The minimum atomic E-state index is -0.836. The summed E-state index contributed by atoms with van der Waals surface area (Å²) in [6, 6.07) is -0.591. The molecule has 0 spiro atoms. The maximum Gasteiger partial charge on any atom is 0.303 e. The number of nitrogens with one attached hydrogen (secondary N) is 2. The second-order valence-corrected chi connectivity index (χ2v) is 5.59. The molecule has 0 bridgehead atoms. The van der Waals surface area contributed by atoms with Crippen LogP contribution in [0.5, 0.6) is 0 Å². The zero-order valence-corrected chi connectivity index (χ0v) is 12.1. The molecule has 1 atom stereocenters. The summed E-state index contributed by atoms with van der Waals surface area (Å²) in [4.78, 5) is 33.6. The summed E-state index contributed by atoms with van der Waals surface area (Å²) in [6.45, 7) is 7.37. The van der Waals surface area contributed by atoms with Crippen molar-refractivity contribution >= 4 is 17.8 Å². The van der Waals surface area contributed by atoms with E-state index in [0.717, 1.165) is 0 Å². The Kier molecular flexibility index (Phi) is 7.11. The number of unbranched alkanes of at least 4 members (excludes halogenated alkanes) is 1. The van der Waals surface area contributed by atoms with E-state index in [9.17, 15) is 14.4 Å². The van der Waals surface area contributed by atoms with Gasteiger partial charge in [0.05, 0.1) is 0 Å². The fraction of sp³-hybridized carbons (Fsp3) is 0.769. The van der Waals surface area contributed by atoms with Crippen LogP contribution in [0.2, 0.25) is 0 Å². The molecule has 0 aromatic heterocycles. The van der Waals surface area contributed by atoms with Crippen LogP contribution in [0.15, 0.2) is 0 Å². The van der Waals surface area contributed by atoms with E-state index in [4.69, 9.17) is 5.11 Å². The highest BCUT2D eigenvalue weighted by Gasteiger charge is 2.24. The average Bonchev–Trinajstić information content (AvgIpc) is 2.26. The van der Waals surface area contributed by atoms with Crippen LogP contribution in [0.3, 0.4) is 0 Å². The molecule has 0 radical (unpaired) electrons. The SMILES string of the molecule is CC(NC(=O)C(C)(C)C)C(=O)NCCCCC(=O)O. The molecule has 1 unspecified atom stereocenters. The highest BCUT2D eigenvalue weighted by Crippen LogP contribution is 2.12. The minimum absolute atomic E-state index is 0.103. The Morgan fingerprint density at radius 3 is 2.21 bits per heavy atom. The molecule has 0 saturated carbocycles. The molecule has 2 amide bonds. The van der Waals surface area contributed by atoms with Crippen molar-refractivity contribution in [3.05, 3.63) is 0 Å². The highest BCUT2D eigenvalue weighted by molar-refractivity contribution is 5.89. The number of hydrogen-bond donors (Lipinski definition) is 3. The predicted octanol–water partition coefficient (Wildman–Crippen LogP) is 0.908. The lowest BCUT2D eigenvalue weighted by Crippen LogP contribution is -2.48. The normalized spacial score (nSPS) is 12.6. The molecule has 0 fully saturated rings. The molecule has 0 aliphatic rings. The topological polar surface area (TPSA) is 95.5 Å². The zero-order chi connectivity index (χ0) is 15.1. The number of hydrogen-bond acceptors (Lipinski definition) is 3. The summed E-state index contributed by atoms with van der Waals surface area (Å²) in [5.41, 5.74) is -0.532. The molecule has 0 aliphatic carbocycles. The Hall–Kier alpha value is -1.59. The van der Waals surface area contributed by atoms with Crippen molar-refractivity contribution in [3.63, 3.8) is 0 Å². The average molecular weight is 272 g/mol. The van der Waals surface area contributed by atoms with E-state index in [-0.39, 0.29) is 18.2 Å². The first kappa shape index (κ1) is 17.4. The van der Waals surface area contributed by atoms with Gasteiger partial charge in [-0.2, -0.15) is 0 Å². The highest BCUT2D eigenvalue weighted by atomic mass is 16.4. The smallest absolute Gasteiger partial charge is 0.303 e. The second kappa shape index (κ2) is 7.76. The van der Waals surface area contributed by atoms with E-state index in [1.165, 1.54) is 0 Å². The second-order valence-electron chi connectivity index (χ2n) is 5.59. The van der Waals surface area contributed by atoms with Gasteiger partial charge in [0.25, 0.3) is 0 Å². The lowest BCUT2D eigenvalue weighted by molar-refractivity contribution is -0.137. The zero-order valence-electron chi connectivity index (χ0n) is 12.1. The van der Waals surface area contributed by atoms with Gasteiger partial charge < -0.3 is 15.7 Å². The maximum atomic E-state index is 11.7. The number of carboxylic acids is 1. The Morgan fingerprint density at radius 1 is 1.16 bits per heavy atom. The Bertz CT molecular complexity index is 334. The third-order valence-corrected chi connectivity index (χ3v) is 2.54. The van der Waals surface area contributed by atoms with Crippen LogP contribution in [-0.4, -0.2) is 35.5 Å². The molecule has 0 rings (SSSR count). The van der Waals surface area contributed by atoms with E-state index >= 15 is 0 Å². The maximum absolute atomic E-state index is 11.7. The van der Waals surface area contributed by atoms with Crippen LogP contribution in [0.25, 0.3) is 0 Å². The van der Waals surface area contributed by atoms with Crippen molar-refractivity contribution in [2.24, 2.45) is 5.41 Å². The van der Waals surface area contributed by atoms with Crippen LogP contribution >= 0.6 is 0 Å². The monoisotopic (exact) mass is 272 g/mol. The first-order chi connectivity index (χ1) is 8.64. The van der Waals surface area contributed by atoms with Gasteiger partial charge in [0.2, 0.25) is 11.8 Å². The van der Waals surface area contributed by atoms with Crippen molar-refractivity contribution in [2.75, 3.05) is 6.54 Å². The van der Waals surface area contributed by atoms with E-state index in [0.29, 0.717) is 19.4 Å². The Balaban J connectivity index is 3.89. The van der Waals surface area contributed by atoms with Crippen molar-refractivity contribution in [3.8, 4) is 0 Å². The van der Waals surface area contributed by atoms with Gasteiger partial charge in [0, 0.05) is 18.4 Å². The summed E-state index contributed by atoms with van der Waals surface area (Å²) >= 11 is 0. The van der Waals surface area contributed by atoms with Gasteiger partial charge in [-0.3, -0.25) is 14.4 Å². The first-order valence-electron chi connectivity index (χ1n) is 6.45. The molecule has 6 heteroatoms. The summed E-state index contributed by atoms with van der Waals surface area (Å²) in [7, 11) is 0. The fourth-order valence-electron chi connectivity index (χ4n) is 1.24. The van der Waals surface area contributed by atoms with Gasteiger partial charge in [-0.05, 0) is 19.8 Å². The molecule has 0 heterocycles. The number of aliphatic carboxylic acids is 1. The Morgan fingerprint density at radius 2 is 1.74 bits per heavy atom. The van der Waals surface area contributed by atoms with Gasteiger partial charge in [-0.1, -0.05) is 20.8 Å². The Labute approximate surface area is 113 Å². The van der Waals surface area contributed by atoms with Crippen LogP contribution in [0, 0.1) is 5.41 Å². The standard InChI is InChI=1S/C13H24N2O4/c1-9(15-12(19)13(2,3)4)11(18)14-8-6-5-7-10(16)17/h9H,5-8H2,1-4H3,(H,14,18)(H,15,19)(H,16,17). The predicted molar refractivity (Wildman–Crippen MR) is 71.6 cm³/mol. The largest absolute Gasteiger partial charge is 0.481 e. The lowest BCUT2D eigenvalue weighted by atomic mass is 9.95. The number of carboxylic acid groups (broad SMARTS) is 1. The van der Waals surface area contributed by atoms with Gasteiger partial charge in [0.15, 0.2) is 0 Å². The number of amides is 2. The summed E-state index contributed by atoms with van der Waals surface area (Å²) in [6.07, 6.45) is 1.24. The van der Waals surface area contributed by atoms with E-state index in [2.05, 4.69) is 10.6 Å². The lowest BCUT2D eigenvalue weighted by Gasteiger charge is -2.21. The van der Waals surface area contributed by atoms with Gasteiger partial charge >= 0.3 is 5.97 Å². The fourth-order valence-corrected chi connectivity index (χ4v) is 1.24. The third kappa shape index (κ3) is 8.18. The molecule has 19 heavy (non-hydrogen) atoms. The molecule has 6 nitrogen and oxygen atoms in total. The molecule has 0 aromatic rings. The van der Waals surface area contributed by atoms with Crippen molar-refractivity contribution < 1.29 is 19.5 Å². The van der Waals surface area contributed by atoms with Crippen LogP contribution in [0.4, 0.5) is 0 Å². The van der Waals surface area contributed by atoms with Crippen LogP contribution in [-0.2, 0) is 14.4 Å². The summed E-state index contributed by atoms with van der Waals surface area (Å²) in [5.74, 6) is -1.27. The van der Waals surface area contributed by atoms with Crippen molar-refractivity contribution in [1.29, 1.82) is 0 Å². The van der Waals surface area contributed by atoms with E-state index < -0.39 is 17.4 Å². The number of rotatable bonds is 7. The van der Waals surface area contributed by atoms with Crippen LogP contribution < -0.4 is 10.6 Å². The summed E-state index contributed by atoms with van der Waals surface area (Å²) < 4.78 is 0. The molecule has 3 N–H and O–H groups in total. The van der Waals surface area contributed by atoms with Crippen molar-refractivity contribution in [1.82, 2.24) is 10.6 Å². The van der Waals surface area contributed by atoms with Crippen molar-refractivity contribution in [2.45, 2.75) is 53.0 Å². The molecule has 0 aromatic carbocycles. The molecule has 0 aliphatic heterocycles. The number of carbonyl (C=O) groups excluding carboxylic acids is 2. The van der Waals surface area contributed by atoms with Crippen LogP contribution in [0.1, 0.15) is 47.0 Å². The quantitative estimate of drug-likeness (QED) is 0.600. The minimum Gasteiger partial charge on any atom is -0.481 e. The molecule has 110 valence electrons. The van der Waals surface area contributed by atoms with Gasteiger partial charge in [-0.15, -0.1) is 0 Å². The first-order valence-corrected chi connectivity index (χ1v) is 6.45. The number of carbonyl (C=O) groups is 3. The van der Waals surface area contributed by atoms with Gasteiger partial charge in [-0.25, -0.2) is 0 Å². The molecule has 0 saturated heterocycles. The van der Waals surface area contributed by atoms with Gasteiger partial charge in [0.1, 0.15) is 6.04 Å². The summed E-state index contributed by atoms with van der Waals surface area (Å²) in [5, 5.41) is 13.8. The molecular formula is C13H24N2O4.